The molecule has 0 fully saturated rings. The third-order valence-corrected chi connectivity index (χ3v) is 4.86. The first kappa shape index (κ1) is 15.7. The summed E-state index contributed by atoms with van der Waals surface area (Å²) in [5.74, 6) is -0.218. The van der Waals surface area contributed by atoms with Crippen molar-refractivity contribution in [3.05, 3.63) is 71.3 Å². The molecule has 3 nitrogen and oxygen atoms in total. The van der Waals surface area contributed by atoms with E-state index in [2.05, 4.69) is 49.2 Å². The summed E-state index contributed by atoms with van der Waals surface area (Å²) in [4.78, 5) is 0. The molecule has 0 spiro atoms. The number of hydrogen-bond acceptors (Lipinski definition) is 3. The van der Waals surface area contributed by atoms with E-state index in [0.29, 0.717) is 0 Å². The fourth-order valence-corrected chi connectivity index (χ4v) is 3.47. The summed E-state index contributed by atoms with van der Waals surface area (Å²) in [5.41, 5.74) is 4.55. The van der Waals surface area contributed by atoms with Crippen molar-refractivity contribution < 1.29 is 4.39 Å². The Bertz CT molecular complexity index is 811. The van der Waals surface area contributed by atoms with Gasteiger partial charge in [0.25, 0.3) is 0 Å². The zero-order valence-electron chi connectivity index (χ0n) is 13.3. The van der Waals surface area contributed by atoms with Crippen LogP contribution < -0.4 is 0 Å². The van der Waals surface area contributed by atoms with Gasteiger partial charge in [-0.3, -0.25) is 4.57 Å². The fraction of sp³-hybridized carbons (Fsp3) is 0.222. The molecule has 1 aromatic heterocycles. The maximum atomic E-state index is 13.1. The Morgan fingerprint density at radius 1 is 1.09 bits per heavy atom. The molecule has 0 saturated heterocycles. The van der Waals surface area contributed by atoms with Crippen molar-refractivity contribution in [3.8, 4) is 5.69 Å². The predicted molar refractivity (Wildman–Crippen MR) is 91.5 cm³/mol. The van der Waals surface area contributed by atoms with Crippen molar-refractivity contribution >= 4 is 11.8 Å². The first-order chi connectivity index (χ1) is 11.0. The van der Waals surface area contributed by atoms with Gasteiger partial charge in [-0.1, -0.05) is 41.6 Å². The molecule has 0 N–H and O–H groups in total. The lowest BCUT2D eigenvalue weighted by atomic mass is 10.1. The van der Waals surface area contributed by atoms with Crippen molar-refractivity contribution in [2.75, 3.05) is 0 Å². The highest BCUT2D eigenvalue weighted by Crippen LogP contribution is 2.34. The second-order valence-corrected chi connectivity index (χ2v) is 6.89. The molecule has 118 valence electrons. The van der Waals surface area contributed by atoms with Crippen LogP contribution in [-0.2, 0) is 0 Å². The lowest BCUT2D eigenvalue weighted by molar-refractivity contribution is 0.627. The van der Waals surface area contributed by atoms with E-state index in [1.807, 2.05) is 16.7 Å². The number of aromatic nitrogens is 3. The molecular formula is C18H18FN3S. The molecule has 0 aliphatic carbocycles. The minimum atomic E-state index is -0.218. The number of aryl methyl sites for hydroxylation is 2. The first-order valence-corrected chi connectivity index (χ1v) is 8.32. The van der Waals surface area contributed by atoms with Crippen LogP contribution in [0, 0.1) is 19.7 Å². The van der Waals surface area contributed by atoms with E-state index >= 15 is 0 Å². The van der Waals surface area contributed by atoms with E-state index in [0.717, 1.165) is 16.4 Å². The largest absolute Gasteiger partial charge is 0.276 e. The lowest BCUT2D eigenvalue weighted by Crippen LogP contribution is -2.00. The highest BCUT2D eigenvalue weighted by atomic mass is 32.2. The predicted octanol–water partition coefficient (Wildman–Crippen LogP) is 4.88. The minimum absolute atomic E-state index is 0.157. The molecular weight excluding hydrogens is 309 g/mol. The monoisotopic (exact) mass is 327 g/mol. The number of hydrogen-bond donors (Lipinski definition) is 0. The van der Waals surface area contributed by atoms with Crippen molar-refractivity contribution in [2.45, 2.75) is 31.2 Å². The van der Waals surface area contributed by atoms with Crippen LogP contribution in [0.25, 0.3) is 5.69 Å². The highest BCUT2D eigenvalue weighted by molar-refractivity contribution is 7.99. The van der Waals surface area contributed by atoms with Crippen LogP contribution in [0.3, 0.4) is 0 Å². The van der Waals surface area contributed by atoms with Gasteiger partial charge in [0.05, 0.1) is 5.69 Å². The number of halogens is 1. The quantitative estimate of drug-likeness (QED) is 0.640. The Balaban J connectivity index is 1.87. The van der Waals surface area contributed by atoms with Crippen LogP contribution in [-0.4, -0.2) is 14.8 Å². The van der Waals surface area contributed by atoms with E-state index in [1.54, 1.807) is 18.1 Å². The van der Waals surface area contributed by atoms with Gasteiger partial charge in [-0.15, -0.1) is 10.2 Å². The molecule has 0 aliphatic rings. The van der Waals surface area contributed by atoms with Gasteiger partial charge in [-0.2, -0.15) is 0 Å². The van der Waals surface area contributed by atoms with Gasteiger partial charge in [-0.25, -0.2) is 4.39 Å². The van der Waals surface area contributed by atoms with Crippen LogP contribution in [0.1, 0.15) is 28.9 Å². The normalized spacial score (nSPS) is 12.3. The van der Waals surface area contributed by atoms with Crippen molar-refractivity contribution in [1.29, 1.82) is 0 Å². The number of benzene rings is 2. The van der Waals surface area contributed by atoms with Gasteiger partial charge >= 0.3 is 0 Å². The van der Waals surface area contributed by atoms with Gasteiger partial charge in [0.15, 0.2) is 5.16 Å². The molecule has 3 rings (SSSR count). The van der Waals surface area contributed by atoms with Crippen molar-refractivity contribution in [3.63, 3.8) is 0 Å². The third-order valence-electron chi connectivity index (χ3n) is 3.75. The summed E-state index contributed by atoms with van der Waals surface area (Å²) in [6.45, 7) is 6.24. The molecule has 0 saturated carbocycles. The molecule has 0 bridgehead atoms. The van der Waals surface area contributed by atoms with Gasteiger partial charge in [0.2, 0.25) is 0 Å². The average molecular weight is 327 g/mol. The van der Waals surface area contributed by atoms with E-state index < -0.39 is 0 Å². The van der Waals surface area contributed by atoms with Crippen LogP contribution in [0.15, 0.2) is 53.9 Å². The lowest BCUT2D eigenvalue weighted by Gasteiger charge is -2.14. The maximum absolute atomic E-state index is 13.1. The second kappa shape index (κ2) is 6.54. The zero-order chi connectivity index (χ0) is 16.4. The highest BCUT2D eigenvalue weighted by Gasteiger charge is 2.14. The van der Waals surface area contributed by atoms with Crippen LogP contribution in [0.2, 0.25) is 0 Å². The minimum Gasteiger partial charge on any atom is -0.276 e. The number of thioether (sulfide) groups is 1. The molecule has 2 aromatic carbocycles. The summed E-state index contributed by atoms with van der Waals surface area (Å²) in [7, 11) is 0. The fourth-order valence-electron chi connectivity index (χ4n) is 2.51. The number of rotatable bonds is 4. The van der Waals surface area contributed by atoms with Crippen molar-refractivity contribution in [2.24, 2.45) is 0 Å². The Kier molecular flexibility index (Phi) is 4.48. The van der Waals surface area contributed by atoms with Gasteiger partial charge < -0.3 is 0 Å². The van der Waals surface area contributed by atoms with Crippen LogP contribution in [0.4, 0.5) is 4.39 Å². The van der Waals surface area contributed by atoms with E-state index in [-0.39, 0.29) is 11.1 Å². The third kappa shape index (κ3) is 3.45. The molecule has 3 aromatic rings. The Morgan fingerprint density at radius 3 is 2.52 bits per heavy atom. The van der Waals surface area contributed by atoms with Crippen molar-refractivity contribution in [1.82, 2.24) is 14.8 Å². The van der Waals surface area contributed by atoms with E-state index in [4.69, 9.17) is 0 Å². The summed E-state index contributed by atoms with van der Waals surface area (Å²) < 4.78 is 15.1. The molecule has 0 amide bonds. The van der Waals surface area contributed by atoms with Gasteiger partial charge in [-0.05, 0) is 50.1 Å². The average Bonchev–Trinajstić information content (AvgIpc) is 2.96. The van der Waals surface area contributed by atoms with Gasteiger partial charge in [0, 0.05) is 5.25 Å². The van der Waals surface area contributed by atoms with E-state index in [1.165, 1.54) is 23.3 Å². The Hall–Kier alpha value is -2.14. The maximum Gasteiger partial charge on any atom is 0.196 e. The molecule has 0 aliphatic heterocycles. The number of nitrogens with zero attached hydrogens (tertiary/aromatic N) is 3. The zero-order valence-corrected chi connectivity index (χ0v) is 14.1. The topological polar surface area (TPSA) is 30.7 Å². The van der Waals surface area contributed by atoms with Crippen LogP contribution in [0.5, 0.6) is 0 Å². The smallest absolute Gasteiger partial charge is 0.196 e. The molecule has 0 radical (unpaired) electrons. The molecule has 1 heterocycles. The molecule has 5 heteroatoms. The molecule has 1 atom stereocenters. The van der Waals surface area contributed by atoms with E-state index in [9.17, 15) is 4.39 Å². The first-order valence-electron chi connectivity index (χ1n) is 7.44. The Morgan fingerprint density at radius 2 is 1.83 bits per heavy atom. The summed E-state index contributed by atoms with van der Waals surface area (Å²) in [5, 5.41) is 9.28. The SMILES string of the molecule is Cc1ccc(-n2cnnc2S[C@@H](C)c2ccc(F)cc2)c(C)c1. The summed E-state index contributed by atoms with van der Waals surface area (Å²) >= 11 is 1.61. The molecule has 0 unspecified atom stereocenters. The Labute approximate surface area is 139 Å². The summed E-state index contributed by atoms with van der Waals surface area (Å²) in [6, 6.07) is 12.9. The second-order valence-electron chi connectivity index (χ2n) is 5.59. The molecule has 23 heavy (non-hydrogen) atoms. The standard InChI is InChI=1S/C18H18FN3S/c1-12-4-9-17(13(2)10-12)22-11-20-21-18(22)23-14(3)15-5-7-16(19)8-6-15/h4-11,14H,1-3H3/t14-/m0/s1. The van der Waals surface area contributed by atoms with Crippen LogP contribution >= 0.6 is 11.8 Å². The van der Waals surface area contributed by atoms with Gasteiger partial charge in [0.1, 0.15) is 12.1 Å². The summed E-state index contributed by atoms with van der Waals surface area (Å²) in [6.07, 6.45) is 1.73.